The van der Waals surface area contributed by atoms with Crippen molar-refractivity contribution in [1.82, 2.24) is 9.91 Å². The Morgan fingerprint density at radius 3 is 2.58 bits per heavy atom. The average molecular weight is 412 g/mol. The van der Waals surface area contributed by atoms with Crippen LogP contribution in [0.1, 0.15) is 49.8 Å². The number of piperidine rings is 1. The van der Waals surface area contributed by atoms with Gasteiger partial charge in [-0.2, -0.15) is 5.10 Å². The lowest BCUT2D eigenvalue weighted by molar-refractivity contribution is -0.149. The van der Waals surface area contributed by atoms with Crippen molar-refractivity contribution < 1.29 is 4.74 Å². The smallest absolute Gasteiger partial charge is 0.200 e. The predicted molar refractivity (Wildman–Crippen MR) is 125 cm³/mol. The van der Waals surface area contributed by atoms with Gasteiger partial charge in [-0.15, -0.1) is 0 Å². The third kappa shape index (κ3) is 3.12. The van der Waals surface area contributed by atoms with E-state index in [4.69, 9.17) is 9.84 Å². The summed E-state index contributed by atoms with van der Waals surface area (Å²) in [6.07, 6.45) is 4.12. The molecule has 4 nitrogen and oxygen atoms in total. The van der Waals surface area contributed by atoms with Gasteiger partial charge in [0.05, 0.1) is 11.8 Å². The van der Waals surface area contributed by atoms with Gasteiger partial charge in [-0.05, 0) is 41.4 Å². The molecule has 1 atom stereocenters. The van der Waals surface area contributed by atoms with Gasteiger partial charge in [0, 0.05) is 37.9 Å². The molecule has 31 heavy (non-hydrogen) atoms. The number of rotatable bonds is 3. The Labute approximate surface area is 184 Å². The average Bonchev–Trinajstić information content (AvgIpc) is 3.28. The molecule has 3 heterocycles. The first-order valence-corrected chi connectivity index (χ1v) is 11.6. The Bertz CT molecular complexity index is 1150. The van der Waals surface area contributed by atoms with E-state index < -0.39 is 0 Å². The molecule has 0 aliphatic carbocycles. The van der Waals surface area contributed by atoms with E-state index in [0.29, 0.717) is 0 Å². The largest absolute Gasteiger partial charge is 0.466 e. The lowest BCUT2D eigenvalue weighted by atomic mass is 9.90. The summed E-state index contributed by atoms with van der Waals surface area (Å²) in [4.78, 5) is 2.56. The Kier molecular flexibility index (Phi) is 4.50. The van der Waals surface area contributed by atoms with Gasteiger partial charge in [-0.3, -0.25) is 0 Å². The molecule has 1 unspecified atom stereocenters. The molecular weight excluding hydrogens is 382 g/mol. The molecule has 6 rings (SSSR count). The molecule has 0 bridgehead atoms. The lowest BCUT2D eigenvalue weighted by Gasteiger charge is -2.51. The zero-order chi connectivity index (χ0) is 20.8. The number of hydrazone groups is 1. The third-order valence-electron chi connectivity index (χ3n) is 7.17. The van der Waals surface area contributed by atoms with Crippen molar-refractivity contribution in [1.29, 1.82) is 0 Å². The minimum atomic E-state index is -0.331. The fourth-order valence-corrected chi connectivity index (χ4v) is 5.55. The van der Waals surface area contributed by atoms with Gasteiger partial charge in [-0.25, -0.2) is 5.01 Å². The highest BCUT2D eigenvalue weighted by molar-refractivity contribution is 6.04. The molecule has 3 aromatic rings. The maximum atomic E-state index is 6.75. The number of hydrogen-bond donors (Lipinski definition) is 0. The van der Waals surface area contributed by atoms with Crippen LogP contribution in [-0.2, 0) is 0 Å². The van der Waals surface area contributed by atoms with Crippen LogP contribution in [0.4, 0.5) is 0 Å². The van der Waals surface area contributed by atoms with Gasteiger partial charge >= 0.3 is 0 Å². The molecule has 0 saturated carbocycles. The topological polar surface area (TPSA) is 28.1 Å². The van der Waals surface area contributed by atoms with E-state index in [-0.39, 0.29) is 11.8 Å². The molecule has 0 aromatic heterocycles. The fourth-order valence-electron chi connectivity index (χ4n) is 5.55. The van der Waals surface area contributed by atoms with E-state index in [9.17, 15) is 0 Å². The minimum Gasteiger partial charge on any atom is -0.466 e. The quantitative estimate of drug-likeness (QED) is 0.563. The number of fused-ring (bicyclic) bond motifs is 5. The minimum absolute atomic E-state index is 0.254. The van der Waals surface area contributed by atoms with Gasteiger partial charge < -0.3 is 9.64 Å². The predicted octanol–water partition coefficient (Wildman–Crippen LogP) is 5.59. The number of likely N-dealkylation sites (tertiary alicyclic amines) is 1. The van der Waals surface area contributed by atoms with Crippen LogP contribution in [-0.4, -0.2) is 41.0 Å². The van der Waals surface area contributed by atoms with Crippen LogP contribution in [0, 0.1) is 0 Å². The Morgan fingerprint density at radius 2 is 1.74 bits per heavy atom. The van der Waals surface area contributed by atoms with Crippen LogP contribution in [0.25, 0.3) is 10.8 Å². The molecule has 4 heteroatoms. The van der Waals surface area contributed by atoms with Crippen molar-refractivity contribution in [2.24, 2.45) is 5.10 Å². The van der Waals surface area contributed by atoms with Crippen LogP contribution in [0.15, 0.2) is 71.8 Å². The Balaban J connectivity index is 1.39. The first kappa shape index (κ1) is 18.9. The zero-order valence-electron chi connectivity index (χ0n) is 18.1. The Morgan fingerprint density at radius 1 is 0.968 bits per heavy atom. The van der Waals surface area contributed by atoms with Crippen molar-refractivity contribution in [2.75, 3.05) is 19.6 Å². The first-order valence-electron chi connectivity index (χ1n) is 11.6. The molecule has 0 amide bonds. The van der Waals surface area contributed by atoms with E-state index in [0.717, 1.165) is 38.1 Å². The molecule has 1 spiro atoms. The summed E-state index contributed by atoms with van der Waals surface area (Å²) >= 11 is 0. The summed E-state index contributed by atoms with van der Waals surface area (Å²) in [6.45, 7) is 5.57. The fraction of sp³-hybridized carbons (Fsp3) is 0.370. The van der Waals surface area contributed by atoms with Crippen LogP contribution in [0.5, 0.6) is 5.75 Å². The summed E-state index contributed by atoms with van der Waals surface area (Å²) in [5.41, 5.74) is 3.33. The molecule has 0 N–H and O–H groups in total. The lowest BCUT2D eigenvalue weighted by Crippen LogP contribution is -2.59. The summed E-state index contributed by atoms with van der Waals surface area (Å²) in [5.74, 6) is 1.04. The van der Waals surface area contributed by atoms with Gasteiger partial charge in [0.2, 0.25) is 5.72 Å². The Hall–Kier alpha value is -2.85. The molecular formula is C27H29N3O. The number of nitrogens with zero attached hydrogens (tertiary/aromatic N) is 3. The van der Waals surface area contributed by atoms with E-state index in [2.05, 4.69) is 83.6 Å². The summed E-state index contributed by atoms with van der Waals surface area (Å²) in [5, 5.41) is 10.1. The second kappa shape index (κ2) is 7.38. The van der Waals surface area contributed by atoms with Crippen LogP contribution < -0.4 is 4.74 Å². The molecule has 3 aliphatic rings. The number of hydrogen-bond acceptors (Lipinski definition) is 4. The van der Waals surface area contributed by atoms with Crippen molar-refractivity contribution >= 4 is 16.5 Å². The third-order valence-corrected chi connectivity index (χ3v) is 7.17. The molecule has 3 aliphatic heterocycles. The van der Waals surface area contributed by atoms with Crippen molar-refractivity contribution in [3.05, 3.63) is 77.9 Å². The van der Waals surface area contributed by atoms with E-state index in [1.165, 1.54) is 40.6 Å². The van der Waals surface area contributed by atoms with Crippen LogP contribution in [0.2, 0.25) is 0 Å². The van der Waals surface area contributed by atoms with Gasteiger partial charge in [0.15, 0.2) is 0 Å². The van der Waals surface area contributed by atoms with Crippen molar-refractivity contribution in [2.45, 2.75) is 44.4 Å². The van der Waals surface area contributed by atoms with E-state index >= 15 is 0 Å². The molecule has 0 radical (unpaired) electrons. The highest BCUT2D eigenvalue weighted by atomic mass is 16.5. The van der Waals surface area contributed by atoms with E-state index in [1.807, 2.05) is 0 Å². The van der Waals surface area contributed by atoms with Crippen molar-refractivity contribution in [3.8, 4) is 5.75 Å². The SMILES string of the molecule is CCCN1CCC2(CC1)Oc1ccccc1C1CC(c3ccc4ccccc4c3)=NN12. The standard InChI is InChI=1S/C27H29N3O/c1-2-15-29-16-13-27(14-17-29)30-25(23-9-5-6-10-26(23)31-27)19-24(28-30)22-12-11-20-7-3-4-8-21(20)18-22/h3-12,18,25H,2,13-17,19H2,1H3. The van der Waals surface area contributed by atoms with Crippen LogP contribution in [0.3, 0.4) is 0 Å². The molecule has 1 saturated heterocycles. The summed E-state index contributed by atoms with van der Waals surface area (Å²) in [7, 11) is 0. The molecule has 158 valence electrons. The van der Waals surface area contributed by atoms with Gasteiger partial charge in [0.1, 0.15) is 5.75 Å². The second-order valence-corrected chi connectivity index (χ2v) is 9.10. The maximum Gasteiger partial charge on any atom is 0.200 e. The zero-order valence-corrected chi connectivity index (χ0v) is 18.1. The van der Waals surface area contributed by atoms with Crippen LogP contribution >= 0.6 is 0 Å². The molecule has 1 fully saturated rings. The monoisotopic (exact) mass is 411 g/mol. The number of ether oxygens (including phenoxy) is 1. The first-order chi connectivity index (χ1) is 15.3. The number of para-hydroxylation sites is 1. The maximum absolute atomic E-state index is 6.75. The summed E-state index contributed by atoms with van der Waals surface area (Å²) < 4.78 is 6.75. The number of benzene rings is 3. The van der Waals surface area contributed by atoms with Crippen molar-refractivity contribution in [3.63, 3.8) is 0 Å². The van der Waals surface area contributed by atoms with E-state index in [1.54, 1.807) is 0 Å². The van der Waals surface area contributed by atoms with Gasteiger partial charge in [-0.1, -0.05) is 61.5 Å². The second-order valence-electron chi connectivity index (χ2n) is 9.10. The highest BCUT2D eigenvalue weighted by Gasteiger charge is 2.51. The summed E-state index contributed by atoms with van der Waals surface area (Å²) in [6, 6.07) is 24.1. The normalized spacial score (nSPS) is 22.2. The van der Waals surface area contributed by atoms with Gasteiger partial charge in [0.25, 0.3) is 0 Å². The molecule has 3 aromatic carbocycles. The highest BCUT2D eigenvalue weighted by Crippen LogP contribution is 2.49.